The van der Waals surface area contributed by atoms with Gasteiger partial charge in [-0.15, -0.1) is 0 Å². The summed E-state index contributed by atoms with van der Waals surface area (Å²) in [5.74, 6) is 0.231. The molecule has 2 heterocycles. The predicted octanol–water partition coefficient (Wildman–Crippen LogP) is 2.97. The Hall–Kier alpha value is -1.91. The first-order valence-corrected chi connectivity index (χ1v) is 8.10. The molecule has 0 bridgehead atoms. The molecule has 0 aliphatic carbocycles. The molecule has 3 rings (SSSR count). The molecule has 0 unspecified atom stereocenters. The monoisotopic (exact) mass is 314 g/mol. The van der Waals surface area contributed by atoms with Crippen molar-refractivity contribution in [3.63, 3.8) is 0 Å². The zero-order valence-electron chi connectivity index (χ0n) is 13.8. The molecule has 0 atom stereocenters. The largest absolute Gasteiger partial charge is 0.497 e. The maximum absolute atomic E-state index is 5.98. The van der Waals surface area contributed by atoms with Crippen molar-refractivity contribution in [1.29, 1.82) is 0 Å². The lowest BCUT2D eigenvalue weighted by Crippen LogP contribution is -2.35. The van der Waals surface area contributed by atoms with E-state index in [1.807, 2.05) is 24.3 Å². The summed E-state index contributed by atoms with van der Waals surface area (Å²) in [4.78, 5) is 0. The molecular weight excluding hydrogens is 290 g/mol. The first kappa shape index (κ1) is 16.0. The van der Waals surface area contributed by atoms with E-state index in [4.69, 9.17) is 14.2 Å². The van der Waals surface area contributed by atoms with Gasteiger partial charge in [0, 0.05) is 30.5 Å². The van der Waals surface area contributed by atoms with Crippen molar-refractivity contribution in [2.45, 2.75) is 32.1 Å². The maximum atomic E-state index is 5.98. The third-order valence-corrected chi connectivity index (χ3v) is 4.26. The van der Waals surface area contributed by atoms with Crippen molar-refractivity contribution >= 4 is 0 Å². The van der Waals surface area contributed by atoms with Gasteiger partial charge in [-0.3, -0.25) is 0 Å². The lowest BCUT2D eigenvalue weighted by molar-refractivity contribution is -0.697. The van der Waals surface area contributed by atoms with E-state index in [0.29, 0.717) is 13.2 Å². The summed E-state index contributed by atoms with van der Waals surface area (Å²) in [5, 5.41) is 0. The first-order chi connectivity index (χ1) is 11.2. The minimum Gasteiger partial charge on any atom is -0.497 e. The molecule has 2 aromatic rings. The van der Waals surface area contributed by atoms with Crippen molar-refractivity contribution in [3.8, 4) is 5.75 Å². The second-order valence-corrected chi connectivity index (χ2v) is 5.90. The van der Waals surface area contributed by atoms with Gasteiger partial charge < -0.3 is 14.2 Å². The highest BCUT2D eigenvalue weighted by atomic mass is 16.7. The molecule has 1 aliphatic heterocycles. The van der Waals surface area contributed by atoms with Crippen LogP contribution in [0.2, 0.25) is 0 Å². The fourth-order valence-electron chi connectivity index (χ4n) is 2.93. The highest BCUT2D eigenvalue weighted by Crippen LogP contribution is 2.36. The van der Waals surface area contributed by atoms with Crippen LogP contribution >= 0.6 is 0 Å². The molecule has 0 N–H and O–H groups in total. The van der Waals surface area contributed by atoms with Gasteiger partial charge in [0.25, 0.3) is 0 Å². The van der Waals surface area contributed by atoms with Crippen molar-refractivity contribution in [1.82, 2.24) is 0 Å². The van der Waals surface area contributed by atoms with Crippen LogP contribution in [0.5, 0.6) is 5.75 Å². The fraction of sp³-hybridized carbons (Fsp3) is 0.421. The Morgan fingerprint density at radius 2 is 1.70 bits per heavy atom. The number of hydrogen-bond acceptors (Lipinski definition) is 3. The second kappa shape index (κ2) is 7.11. The summed E-state index contributed by atoms with van der Waals surface area (Å²) < 4.78 is 19.4. The van der Waals surface area contributed by atoms with Crippen LogP contribution in [0, 0.1) is 6.92 Å². The van der Waals surface area contributed by atoms with Gasteiger partial charge in [0.05, 0.1) is 20.3 Å². The van der Waals surface area contributed by atoms with Gasteiger partial charge >= 0.3 is 0 Å². The van der Waals surface area contributed by atoms with Gasteiger partial charge in [-0.1, -0.05) is 0 Å². The highest BCUT2D eigenvalue weighted by molar-refractivity contribution is 5.30. The fourth-order valence-corrected chi connectivity index (χ4v) is 2.93. The van der Waals surface area contributed by atoms with E-state index in [2.05, 4.69) is 36.0 Å². The number of nitrogens with zero attached hydrogens (tertiary/aromatic N) is 1. The Morgan fingerprint density at radius 1 is 1.04 bits per heavy atom. The van der Waals surface area contributed by atoms with Crippen LogP contribution in [-0.2, 0) is 21.8 Å². The van der Waals surface area contributed by atoms with E-state index in [0.717, 1.165) is 30.7 Å². The van der Waals surface area contributed by atoms with Gasteiger partial charge in [0.15, 0.2) is 18.2 Å². The Balaban J connectivity index is 1.67. The van der Waals surface area contributed by atoms with Crippen LogP contribution in [0.15, 0.2) is 48.8 Å². The molecule has 0 saturated carbocycles. The molecule has 4 nitrogen and oxygen atoms in total. The molecule has 1 aromatic carbocycles. The average Bonchev–Trinajstić information content (AvgIpc) is 3.07. The standard InChI is InChI=1S/C19H24NO3/c1-16-8-12-20(13-9-16)11-3-10-19(22-14-15-23-19)17-4-6-18(21-2)7-5-17/h4-9,12-13H,3,10-11,14-15H2,1-2H3/q+1. The van der Waals surface area contributed by atoms with Crippen LogP contribution in [0.4, 0.5) is 0 Å². The summed E-state index contributed by atoms with van der Waals surface area (Å²) >= 11 is 0. The van der Waals surface area contributed by atoms with Gasteiger partial charge in [0.2, 0.25) is 0 Å². The zero-order chi connectivity index (χ0) is 16.1. The third kappa shape index (κ3) is 3.71. The third-order valence-electron chi connectivity index (χ3n) is 4.26. The summed E-state index contributed by atoms with van der Waals surface area (Å²) in [6.45, 7) is 4.33. The number of methoxy groups -OCH3 is 1. The molecule has 122 valence electrons. The number of aryl methyl sites for hydroxylation is 2. The number of pyridine rings is 1. The first-order valence-electron chi connectivity index (χ1n) is 8.10. The number of benzene rings is 1. The van der Waals surface area contributed by atoms with Gasteiger partial charge in [-0.05, 0) is 36.8 Å². The Labute approximate surface area is 137 Å². The average molecular weight is 314 g/mol. The SMILES string of the molecule is COc1ccc(C2(CCC[n+]3ccc(C)cc3)OCCO2)cc1. The number of rotatable bonds is 6. The Bertz CT molecular complexity index is 616. The molecule has 23 heavy (non-hydrogen) atoms. The van der Waals surface area contributed by atoms with E-state index in [1.54, 1.807) is 7.11 Å². The molecule has 4 heteroatoms. The molecule has 1 fully saturated rings. The molecule has 1 aromatic heterocycles. The predicted molar refractivity (Wildman–Crippen MR) is 87.2 cm³/mol. The number of ether oxygens (including phenoxy) is 3. The summed E-state index contributed by atoms with van der Waals surface area (Å²) in [6, 6.07) is 12.2. The zero-order valence-corrected chi connectivity index (χ0v) is 13.8. The Morgan fingerprint density at radius 3 is 2.30 bits per heavy atom. The number of aromatic nitrogens is 1. The molecule has 1 aliphatic rings. The summed E-state index contributed by atoms with van der Waals surface area (Å²) in [5.41, 5.74) is 2.34. The van der Waals surface area contributed by atoms with Crippen LogP contribution in [0.25, 0.3) is 0 Å². The summed E-state index contributed by atoms with van der Waals surface area (Å²) in [7, 11) is 1.67. The summed E-state index contributed by atoms with van der Waals surface area (Å²) in [6.07, 6.45) is 6.05. The lowest BCUT2D eigenvalue weighted by atomic mass is 10.0. The van der Waals surface area contributed by atoms with Crippen molar-refractivity contribution in [2.75, 3.05) is 20.3 Å². The molecular formula is C19H24NO3+. The van der Waals surface area contributed by atoms with Gasteiger partial charge in [-0.25, -0.2) is 4.57 Å². The highest BCUT2D eigenvalue weighted by Gasteiger charge is 2.38. The topological polar surface area (TPSA) is 31.6 Å². The lowest BCUT2D eigenvalue weighted by Gasteiger charge is -2.27. The quantitative estimate of drug-likeness (QED) is 0.768. The van der Waals surface area contributed by atoms with Gasteiger partial charge in [-0.2, -0.15) is 0 Å². The van der Waals surface area contributed by atoms with E-state index < -0.39 is 5.79 Å². The minimum atomic E-state index is -0.614. The molecule has 0 radical (unpaired) electrons. The number of hydrogen-bond donors (Lipinski definition) is 0. The smallest absolute Gasteiger partial charge is 0.195 e. The molecule has 1 saturated heterocycles. The van der Waals surface area contributed by atoms with Crippen molar-refractivity contribution in [3.05, 3.63) is 59.9 Å². The van der Waals surface area contributed by atoms with E-state index in [1.165, 1.54) is 5.56 Å². The molecule has 0 amide bonds. The van der Waals surface area contributed by atoms with E-state index in [9.17, 15) is 0 Å². The second-order valence-electron chi connectivity index (χ2n) is 5.90. The van der Waals surface area contributed by atoms with Crippen molar-refractivity contribution < 1.29 is 18.8 Å². The van der Waals surface area contributed by atoms with E-state index >= 15 is 0 Å². The normalized spacial score (nSPS) is 16.4. The van der Waals surface area contributed by atoms with Crippen LogP contribution in [-0.4, -0.2) is 20.3 Å². The van der Waals surface area contributed by atoms with Crippen LogP contribution < -0.4 is 9.30 Å². The van der Waals surface area contributed by atoms with Crippen LogP contribution in [0.3, 0.4) is 0 Å². The van der Waals surface area contributed by atoms with Gasteiger partial charge in [0.1, 0.15) is 12.3 Å². The minimum absolute atomic E-state index is 0.614. The van der Waals surface area contributed by atoms with Crippen molar-refractivity contribution in [2.24, 2.45) is 0 Å². The maximum Gasteiger partial charge on any atom is 0.195 e. The van der Waals surface area contributed by atoms with E-state index in [-0.39, 0.29) is 0 Å². The van der Waals surface area contributed by atoms with Crippen LogP contribution in [0.1, 0.15) is 24.0 Å². The molecule has 0 spiro atoms. The Kier molecular flexibility index (Phi) is 4.94.